The van der Waals surface area contributed by atoms with Gasteiger partial charge in [-0.3, -0.25) is 0 Å². The fourth-order valence-corrected chi connectivity index (χ4v) is 11.3. The van der Waals surface area contributed by atoms with Gasteiger partial charge in [-0.1, -0.05) is 0 Å². The van der Waals surface area contributed by atoms with Crippen LogP contribution >= 0.6 is 0 Å². The van der Waals surface area contributed by atoms with Crippen molar-refractivity contribution in [1.29, 1.82) is 0 Å². The van der Waals surface area contributed by atoms with Crippen molar-refractivity contribution in [1.82, 2.24) is 24.5 Å². The van der Waals surface area contributed by atoms with Gasteiger partial charge in [-0.15, -0.1) is 0 Å². The van der Waals surface area contributed by atoms with Crippen LogP contribution in [0.4, 0.5) is 5.69 Å². The van der Waals surface area contributed by atoms with Crippen molar-refractivity contribution in [3.63, 3.8) is 0 Å². The minimum atomic E-state index is 0.114. The monoisotopic (exact) mass is 530 g/mol. The quantitative estimate of drug-likeness (QED) is 0.329. The zero-order chi connectivity index (χ0) is 26.6. The fourth-order valence-electron chi connectivity index (χ4n) is 11.3. The molecule has 6 heteroatoms. The van der Waals surface area contributed by atoms with E-state index < -0.39 is 0 Å². The van der Waals surface area contributed by atoms with Crippen LogP contribution in [0.15, 0.2) is 30.6 Å². The summed E-state index contributed by atoms with van der Waals surface area (Å²) in [5.74, 6) is 8.89. The fraction of sp³-hybridized carbons (Fsp3) is 0.618. The maximum absolute atomic E-state index is 7.86. The Hall–Kier alpha value is -3.07. The minimum absolute atomic E-state index is 0.114. The molecule has 0 aliphatic heterocycles. The Bertz CT molecular complexity index is 1430. The molecule has 8 fully saturated rings. The van der Waals surface area contributed by atoms with E-state index in [9.17, 15) is 0 Å². The molecule has 0 atom stereocenters. The van der Waals surface area contributed by atoms with Crippen molar-refractivity contribution in [3.05, 3.63) is 53.7 Å². The lowest BCUT2D eigenvalue weighted by Gasteiger charge is -2.57. The van der Waals surface area contributed by atoms with Crippen LogP contribution in [0.3, 0.4) is 0 Å². The first kappa shape index (κ1) is 23.6. The highest BCUT2D eigenvalue weighted by Crippen LogP contribution is 2.62. The van der Waals surface area contributed by atoms with Crippen LogP contribution in [-0.4, -0.2) is 24.5 Å². The van der Waals surface area contributed by atoms with Gasteiger partial charge in [-0.25, -0.2) is 24.8 Å². The number of rotatable bonds is 4. The molecule has 8 bridgehead atoms. The van der Waals surface area contributed by atoms with Gasteiger partial charge < -0.3 is 4.57 Å². The molecule has 8 saturated carbocycles. The summed E-state index contributed by atoms with van der Waals surface area (Å²) in [5, 5.41) is 0. The molecule has 0 spiro atoms. The molecule has 6 nitrogen and oxygen atoms in total. The topological polar surface area (TPSA) is 60.9 Å². The average molecular weight is 531 g/mol. The lowest BCUT2D eigenvalue weighted by molar-refractivity contribution is -0.0155. The summed E-state index contributed by atoms with van der Waals surface area (Å²) in [6, 6.07) is 6.08. The van der Waals surface area contributed by atoms with Crippen LogP contribution in [0, 0.1) is 42.1 Å². The normalized spacial score (nSPS) is 38.6. The molecule has 0 unspecified atom stereocenters. The van der Waals surface area contributed by atoms with E-state index in [-0.39, 0.29) is 10.8 Å². The van der Waals surface area contributed by atoms with Crippen LogP contribution in [0.25, 0.3) is 27.6 Å². The summed E-state index contributed by atoms with van der Waals surface area (Å²) in [5.41, 5.74) is 2.73. The molecule has 204 valence electrons. The minimum Gasteiger partial charge on any atom is -0.334 e. The van der Waals surface area contributed by atoms with Crippen molar-refractivity contribution in [3.8, 4) is 22.8 Å². The maximum atomic E-state index is 7.86. The van der Waals surface area contributed by atoms with Gasteiger partial charge in [0.2, 0.25) is 0 Å². The van der Waals surface area contributed by atoms with Gasteiger partial charge in [-0.05, 0) is 131 Å². The van der Waals surface area contributed by atoms with E-state index in [1.54, 1.807) is 0 Å². The number of imidazole rings is 1. The Morgan fingerprint density at radius 1 is 0.700 bits per heavy atom. The predicted octanol–water partition coefficient (Wildman–Crippen LogP) is 7.43. The van der Waals surface area contributed by atoms with Gasteiger partial charge >= 0.3 is 0 Å². The van der Waals surface area contributed by atoms with Gasteiger partial charge in [0, 0.05) is 41.4 Å². The van der Waals surface area contributed by atoms with Crippen LogP contribution in [0.5, 0.6) is 0 Å². The summed E-state index contributed by atoms with van der Waals surface area (Å²) < 4.78 is 2.02. The van der Waals surface area contributed by atoms with Crippen molar-refractivity contribution in [2.45, 2.75) is 87.9 Å². The summed E-state index contributed by atoms with van der Waals surface area (Å²) in [6.07, 6.45) is 19.8. The summed E-state index contributed by atoms with van der Waals surface area (Å²) in [7, 11) is 2.01. The lowest BCUT2D eigenvalue weighted by atomic mass is 9.49. The molecule has 0 amide bonds. The standard InChI is InChI=1S/C34H38N6/c1-35-28-12-26(11-27(13-28)30-36-3-4-40(30)2)29-37-31(33-14-20-5-21(15-33)7-22(6-20)16-33)39-32(38-29)34-17-23-8-24(18-34)10-25(9-23)19-34/h3-4,11-13,20-25H,5-10,14-19H2,2H3. The Kier molecular flexibility index (Phi) is 4.87. The number of hydrogen-bond acceptors (Lipinski definition) is 4. The largest absolute Gasteiger partial charge is 0.334 e. The van der Waals surface area contributed by atoms with Gasteiger partial charge in [0.15, 0.2) is 11.5 Å². The second-order valence-electron chi connectivity index (χ2n) is 14.9. The van der Waals surface area contributed by atoms with Crippen molar-refractivity contribution in [2.75, 3.05) is 0 Å². The maximum Gasteiger partial charge on any atom is 0.188 e. The number of benzene rings is 1. The van der Waals surface area contributed by atoms with Crippen LogP contribution < -0.4 is 0 Å². The van der Waals surface area contributed by atoms with Gasteiger partial charge in [0.05, 0.1) is 6.57 Å². The second kappa shape index (κ2) is 8.24. The summed E-state index contributed by atoms with van der Waals surface area (Å²) in [4.78, 5) is 24.8. The second-order valence-corrected chi connectivity index (χ2v) is 14.9. The number of nitrogens with zero attached hydrogens (tertiary/aromatic N) is 6. The number of aromatic nitrogens is 5. The van der Waals surface area contributed by atoms with Crippen molar-refractivity contribution < 1.29 is 0 Å². The van der Waals surface area contributed by atoms with Gasteiger partial charge in [0.25, 0.3) is 0 Å². The van der Waals surface area contributed by atoms with E-state index >= 15 is 0 Å². The molecule has 0 N–H and O–H groups in total. The Morgan fingerprint density at radius 2 is 1.18 bits per heavy atom. The first-order valence-corrected chi connectivity index (χ1v) is 15.7. The molecule has 3 aromatic rings. The smallest absolute Gasteiger partial charge is 0.188 e. The zero-order valence-electron chi connectivity index (χ0n) is 23.5. The molecule has 2 aromatic heterocycles. The van der Waals surface area contributed by atoms with Gasteiger partial charge in [0.1, 0.15) is 17.5 Å². The molecule has 0 radical (unpaired) electrons. The molecule has 8 aliphatic carbocycles. The van der Waals surface area contributed by atoms with Crippen LogP contribution in [-0.2, 0) is 17.9 Å². The molecular weight excluding hydrogens is 492 g/mol. The SMILES string of the molecule is [C-]#[N+]c1cc(-c2nc(C34CC5CC(CC(C5)C3)C4)nc(C34CC5CC(CC(C5)C3)C4)n2)cc(-c2nccn2C)c1. The van der Waals surface area contributed by atoms with E-state index in [2.05, 4.69) is 15.9 Å². The number of hydrogen-bond donors (Lipinski definition) is 0. The Morgan fingerprint density at radius 3 is 1.60 bits per heavy atom. The van der Waals surface area contributed by atoms with E-state index in [1.807, 2.05) is 36.1 Å². The molecule has 8 aliphatic rings. The van der Waals surface area contributed by atoms with Gasteiger partial charge in [-0.2, -0.15) is 0 Å². The summed E-state index contributed by atoms with van der Waals surface area (Å²) >= 11 is 0. The molecular formula is C34H38N6. The first-order chi connectivity index (χ1) is 19.5. The molecule has 40 heavy (non-hydrogen) atoms. The predicted molar refractivity (Wildman–Crippen MR) is 153 cm³/mol. The van der Waals surface area contributed by atoms with E-state index in [4.69, 9.17) is 21.5 Å². The third-order valence-electron chi connectivity index (χ3n) is 12.0. The van der Waals surface area contributed by atoms with E-state index in [0.29, 0.717) is 5.69 Å². The lowest BCUT2D eigenvalue weighted by Crippen LogP contribution is -2.51. The Labute approximate surface area is 236 Å². The molecule has 11 rings (SSSR count). The highest BCUT2D eigenvalue weighted by molar-refractivity contribution is 5.73. The third kappa shape index (κ3) is 3.52. The van der Waals surface area contributed by atoms with E-state index in [0.717, 1.165) is 69.9 Å². The molecule has 1 aromatic carbocycles. The third-order valence-corrected chi connectivity index (χ3v) is 12.0. The highest BCUT2D eigenvalue weighted by Gasteiger charge is 2.56. The first-order valence-electron chi connectivity index (χ1n) is 15.7. The van der Waals surface area contributed by atoms with Crippen LogP contribution in [0.2, 0.25) is 0 Å². The Balaban J connectivity index is 1.23. The molecule has 2 heterocycles. The average Bonchev–Trinajstić information content (AvgIpc) is 3.37. The van der Waals surface area contributed by atoms with Crippen molar-refractivity contribution >= 4 is 5.69 Å². The highest BCUT2D eigenvalue weighted by atomic mass is 15.1. The number of aryl methyl sites for hydroxylation is 1. The van der Waals surface area contributed by atoms with Crippen molar-refractivity contribution in [2.24, 2.45) is 42.6 Å². The van der Waals surface area contributed by atoms with Crippen LogP contribution in [0.1, 0.15) is 88.7 Å². The summed E-state index contributed by atoms with van der Waals surface area (Å²) in [6.45, 7) is 7.86. The molecule has 0 saturated heterocycles. The van der Waals surface area contributed by atoms with E-state index in [1.165, 1.54) is 77.0 Å². The zero-order valence-corrected chi connectivity index (χ0v) is 23.5.